The number of ether oxygens (including phenoxy) is 2. The number of hydrogen-bond donors (Lipinski definition) is 2. The summed E-state index contributed by atoms with van der Waals surface area (Å²) in [5, 5.41) is 14.9. The van der Waals surface area contributed by atoms with Gasteiger partial charge < -0.3 is 20.1 Å². The normalized spacial score (nSPS) is 10.4. The Hall–Kier alpha value is -2.54. The Morgan fingerprint density at radius 3 is 2.59 bits per heavy atom. The van der Waals surface area contributed by atoms with E-state index in [1.807, 2.05) is 19.1 Å². The summed E-state index contributed by atoms with van der Waals surface area (Å²) in [5.74, 6) is 1.29. The SMILES string of the molecule is CCOc1ccc(NC(=NC)NCc2ccc(C#N)cc2F)cc1OC.I. The first-order valence-corrected chi connectivity index (χ1v) is 8.08. The zero-order valence-corrected chi connectivity index (χ0v) is 17.7. The lowest BCUT2D eigenvalue weighted by molar-refractivity contribution is 0.311. The molecule has 0 spiro atoms. The van der Waals surface area contributed by atoms with E-state index in [9.17, 15) is 4.39 Å². The molecule has 0 amide bonds. The van der Waals surface area contributed by atoms with Gasteiger partial charge in [0.2, 0.25) is 0 Å². The van der Waals surface area contributed by atoms with Crippen molar-refractivity contribution in [1.29, 1.82) is 5.26 Å². The quantitative estimate of drug-likeness (QED) is 0.370. The van der Waals surface area contributed by atoms with Crippen molar-refractivity contribution in [3.05, 3.63) is 53.3 Å². The molecule has 0 bridgehead atoms. The Morgan fingerprint density at radius 1 is 1.22 bits per heavy atom. The zero-order chi connectivity index (χ0) is 18.9. The molecule has 0 unspecified atom stereocenters. The first-order valence-electron chi connectivity index (χ1n) is 8.08. The summed E-state index contributed by atoms with van der Waals surface area (Å²) in [6, 6.07) is 11.7. The lowest BCUT2D eigenvalue weighted by Gasteiger charge is -2.15. The van der Waals surface area contributed by atoms with Gasteiger partial charge in [0.25, 0.3) is 0 Å². The van der Waals surface area contributed by atoms with Crippen molar-refractivity contribution in [2.24, 2.45) is 4.99 Å². The second-order valence-electron chi connectivity index (χ2n) is 5.27. The van der Waals surface area contributed by atoms with E-state index < -0.39 is 5.82 Å². The molecule has 0 fully saturated rings. The highest BCUT2D eigenvalue weighted by molar-refractivity contribution is 14.0. The van der Waals surface area contributed by atoms with Crippen LogP contribution in [-0.2, 0) is 6.54 Å². The van der Waals surface area contributed by atoms with E-state index in [2.05, 4.69) is 15.6 Å². The van der Waals surface area contributed by atoms with Crippen molar-refractivity contribution < 1.29 is 13.9 Å². The minimum Gasteiger partial charge on any atom is -0.493 e. The molecule has 0 aromatic heterocycles. The molecule has 0 aliphatic rings. The maximum Gasteiger partial charge on any atom is 0.195 e. The number of hydrogen-bond acceptors (Lipinski definition) is 4. The van der Waals surface area contributed by atoms with Crippen molar-refractivity contribution in [2.75, 3.05) is 26.1 Å². The van der Waals surface area contributed by atoms with Crippen molar-refractivity contribution in [2.45, 2.75) is 13.5 Å². The van der Waals surface area contributed by atoms with Crippen LogP contribution < -0.4 is 20.1 Å². The van der Waals surface area contributed by atoms with Crippen LogP contribution in [0.25, 0.3) is 0 Å². The molecule has 0 saturated heterocycles. The van der Waals surface area contributed by atoms with Crippen LogP contribution in [0.3, 0.4) is 0 Å². The third kappa shape index (κ3) is 6.29. The van der Waals surface area contributed by atoms with Crippen LogP contribution in [0.5, 0.6) is 11.5 Å². The second kappa shape index (κ2) is 11.2. The summed E-state index contributed by atoms with van der Waals surface area (Å²) in [7, 11) is 3.19. The van der Waals surface area contributed by atoms with E-state index in [1.54, 1.807) is 38.4 Å². The summed E-state index contributed by atoms with van der Waals surface area (Å²) in [6.45, 7) is 2.67. The molecule has 0 heterocycles. The first-order chi connectivity index (χ1) is 12.6. The van der Waals surface area contributed by atoms with Crippen molar-refractivity contribution in [1.82, 2.24) is 5.32 Å². The Bertz CT molecular complexity index is 837. The molecule has 2 aromatic carbocycles. The molecule has 2 aromatic rings. The fraction of sp³-hybridized carbons (Fsp3) is 0.263. The molecule has 0 aliphatic heterocycles. The van der Waals surface area contributed by atoms with Crippen LogP contribution in [0.1, 0.15) is 18.1 Å². The van der Waals surface area contributed by atoms with Crippen LogP contribution >= 0.6 is 24.0 Å². The maximum atomic E-state index is 14.0. The number of rotatable bonds is 6. The molecule has 8 heteroatoms. The molecule has 0 aliphatic carbocycles. The van der Waals surface area contributed by atoms with Gasteiger partial charge in [-0.25, -0.2) is 4.39 Å². The van der Waals surface area contributed by atoms with Gasteiger partial charge in [-0.05, 0) is 31.2 Å². The Kier molecular flexibility index (Phi) is 9.36. The van der Waals surface area contributed by atoms with E-state index in [0.717, 1.165) is 5.69 Å². The minimum atomic E-state index is -0.435. The highest BCUT2D eigenvalue weighted by Gasteiger charge is 2.08. The number of methoxy groups -OCH3 is 1. The number of guanidine groups is 1. The van der Waals surface area contributed by atoms with Crippen LogP contribution in [0.2, 0.25) is 0 Å². The molecule has 6 nitrogen and oxygen atoms in total. The molecule has 0 atom stereocenters. The molecule has 2 rings (SSSR count). The lowest BCUT2D eigenvalue weighted by atomic mass is 10.1. The van der Waals surface area contributed by atoms with E-state index >= 15 is 0 Å². The summed E-state index contributed by atoms with van der Waals surface area (Å²) in [5.41, 5.74) is 1.48. The standard InChI is InChI=1S/C19H21FN4O2.HI/c1-4-26-17-8-7-15(10-18(17)25-3)24-19(22-2)23-12-14-6-5-13(11-21)9-16(14)20;/h5-10H,4,12H2,1-3H3,(H2,22,23,24);1H. The average Bonchev–Trinajstić information content (AvgIpc) is 2.66. The summed E-state index contributed by atoms with van der Waals surface area (Å²) in [6.07, 6.45) is 0. The molecule has 0 radical (unpaired) electrons. The fourth-order valence-corrected chi connectivity index (χ4v) is 2.28. The number of halogens is 2. The predicted molar refractivity (Wildman–Crippen MR) is 115 cm³/mol. The van der Waals surface area contributed by atoms with E-state index in [-0.39, 0.29) is 36.1 Å². The van der Waals surface area contributed by atoms with Gasteiger partial charge in [-0.3, -0.25) is 4.99 Å². The van der Waals surface area contributed by atoms with Crippen LogP contribution in [0, 0.1) is 17.1 Å². The lowest BCUT2D eigenvalue weighted by Crippen LogP contribution is -2.30. The van der Waals surface area contributed by atoms with Gasteiger partial charge in [-0.2, -0.15) is 5.26 Å². The largest absolute Gasteiger partial charge is 0.493 e. The zero-order valence-electron chi connectivity index (χ0n) is 15.4. The molecular weight excluding hydrogens is 462 g/mol. The van der Waals surface area contributed by atoms with Gasteiger partial charge in [0.15, 0.2) is 17.5 Å². The van der Waals surface area contributed by atoms with Gasteiger partial charge in [0.05, 0.1) is 25.3 Å². The number of anilines is 1. The summed E-state index contributed by atoms with van der Waals surface area (Å²) < 4.78 is 24.8. The van der Waals surface area contributed by atoms with Gasteiger partial charge in [-0.1, -0.05) is 6.07 Å². The van der Waals surface area contributed by atoms with Crippen LogP contribution in [-0.4, -0.2) is 26.7 Å². The van der Waals surface area contributed by atoms with E-state index in [1.165, 1.54) is 6.07 Å². The number of nitrogens with zero attached hydrogens (tertiary/aromatic N) is 2. The summed E-state index contributed by atoms with van der Waals surface area (Å²) >= 11 is 0. The molecule has 27 heavy (non-hydrogen) atoms. The monoisotopic (exact) mass is 484 g/mol. The molecule has 0 saturated carbocycles. The van der Waals surface area contributed by atoms with Gasteiger partial charge >= 0.3 is 0 Å². The third-order valence-electron chi connectivity index (χ3n) is 3.58. The number of benzene rings is 2. The number of nitriles is 1. The third-order valence-corrected chi connectivity index (χ3v) is 3.58. The van der Waals surface area contributed by atoms with E-state index in [4.69, 9.17) is 14.7 Å². The van der Waals surface area contributed by atoms with Gasteiger partial charge in [0, 0.05) is 30.9 Å². The van der Waals surface area contributed by atoms with E-state index in [0.29, 0.717) is 29.6 Å². The van der Waals surface area contributed by atoms with Crippen molar-refractivity contribution in [3.63, 3.8) is 0 Å². The number of aliphatic imine (C=N–C) groups is 1. The van der Waals surface area contributed by atoms with Crippen LogP contribution in [0.4, 0.5) is 10.1 Å². The fourth-order valence-electron chi connectivity index (χ4n) is 2.28. The average molecular weight is 484 g/mol. The Balaban J connectivity index is 0.00000364. The van der Waals surface area contributed by atoms with Gasteiger partial charge in [0.1, 0.15) is 5.82 Å². The number of nitrogens with one attached hydrogen (secondary N) is 2. The minimum absolute atomic E-state index is 0. The van der Waals surface area contributed by atoms with Crippen LogP contribution in [0.15, 0.2) is 41.4 Å². The topological polar surface area (TPSA) is 78.7 Å². The first kappa shape index (κ1) is 22.5. The predicted octanol–water partition coefficient (Wildman–Crippen LogP) is 3.91. The highest BCUT2D eigenvalue weighted by atomic mass is 127. The smallest absolute Gasteiger partial charge is 0.195 e. The van der Waals surface area contributed by atoms with Crippen molar-refractivity contribution in [3.8, 4) is 17.6 Å². The second-order valence-corrected chi connectivity index (χ2v) is 5.27. The molecule has 2 N–H and O–H groups in total. The summed E-state index contributed by atoms with van der Waals surface area (Å²) in [4.78, 5) is 4.12. The molecule has 144 valence electrons. The molecular formula is C19H22FIN4O2. The maximum absolute atomic E-state index is 14.0. The Labute approximate surface area is 175 Å². The van der Waals surface area contributed by atoms with Gasteiger partial charge in [-0.15, -0.1) is 24.0 Å². The van der Waals surface area contributed by atoms with Crippen molar-refractivity contribution >= 4 is 35.6 Å². The Morgan fingerprint density at radius 2 is 2.00 bits per heavy atom. The highest BCUT2D eigenvalue weighted by Crippen LogP contribution is 2.30.